The lowest BCUT2D eigenvalue weighted by atomic mass is 10.3. The van der Waals surface area contributed by atoms with Crippen molar-refractivity contribution in [2.24, 2.45) is 0 Å². The van der Waals surface area contributed by atoms with Crippen molar-refractivity contribution in [3.63, 3.8) is 0 Å². The van der Waals surface area contributed by atoms with Crippen LogP contribution in [0.1, 0.15) is 12.8 Å². The molecule has 2 aliphatic rings. The van der Waals surface area contributed by atoms with Gasteiger partial charge in [-0.3, -0.25) is 13.8 Å². The van der Waals surface area contributed by atoms with E-state index in [1.807, 2.05) is 0 Å². The predicted octanol–water partition coefficient (Wildman–Crippen LogP) is 1.59. The molecule has 2 aliphatic heterocycles. The second-order valence-electron chi connectivity index (χ2n) is 3.53. The summed E-state index contributed by atoms with van der Waals surface area (Å²) in [5, 5.41) is 2.94. The average molecular weight is 297 g/mol. The summed E-state index contributed by atoms with van der Waals surface area (Å²) in [7, 11) is 2.04. The maximum atomic E-state index is 11.5. The second kappa shape index (κ2) is 5.79. The number of carbonyl (C=O) groups excluding carboxylic acids is 2. The zero-order chi connectivity index (χ0) is 11.5. The van der Waals surface area contributed by atoms with E-state index in [1.54, 1.807) is 0 Å². The SMILES string of the molecule is O=C1CC(SC(=O)SSC2CCS(=O)C2)N1. The molecule has 16 heavy (non-hydrogen) atoms. The van der Waals surface area contributed by atoms with Gasteiger partial charge in [-0.15, -0.1) is 0 Å². The molecule has 2 fully saturated rings. The molecule has 3 atom stereocenters. The Labute approximate surface area is 108 Å². The molecule has 1 N–H and O–H groups in total. The largest absolute Gasteiger partial charge is 0.343 e. The Balaban J connectivity index is 1.60. The molecular formula is C8H11NO3S4. The molecule has 2 saturated heterocycles. The van der Waals surface area contributed by atoms with Crippen LogP contribution in [0.25, 0.3) is 0 Å². The van der Waals surface area contributed by atoms with Crippen molar-refractivity contribution < 1.29 is 13.8 Å². The van der Waals surface area contributed by atoms with Crippen LogP contribution >= 0.6 is 33.3 Å². The molecule has 1 amide bonds. The van der Waals surface area contributed by atoms with Gasteiger partial charge in [0.1, 0.15) is 0 Å². The molecule has 0 radical (unpaired) electrons. The fraction of sp³-hybridized carbons (Fsp3) is 0.750. The van der Waals surface area contributed by atoms with E-state index >= 15 is 0 Å². The van der Waals surface area contributed by atoms with Crippen molar-refractivity contribution in [3.8, 4) is 0 Å². The number of hydrogen-bond donors (Lipinski definition) is 1. The summed E-state index contributed by atoms with van der Waals surface area (Å²) in [6.45, 7) is 0. The van der Waals surface area contributed by atoms with Crippen molar-refractivity contribution >= 4 is 54.5 Å². The molecule has 0 aromatic heterocycles. The molecule has 0 aromatic rings. The van der Waals surface area contributed by atoms with Crippen molar-refractivity contribution in [3.05, 3.63) is 0 Å². The van der Waals surface area contributed by atoms with E-state index < -0.39 is 10.8 Å². The molecule has 0 bridgehead atoms. The van der Waals surface area contributed by atoms with Crippen LogP contribution in [0.4, 0.5) is 4.79 Å². The van der Waals surface area contributed by atoms with Gasteiger partial charge < -0.3 is 5.32 Å². The molecule has 0 spiro atoms. The lowest BCUT2D eigenvalue weighted by Gasteiger charge is -2.24. The van der Waals surface area contributed by atoms with E-state index in [2.05, 4.69) is 5.32 Å². The number of carbonyl (C=O) groups is 2. The van der Waals surface area contributed by atoms with Gasteiger partial charge in [-0.1, -0.05) is 22.6 Å². The average Bonchev–Trinajstić information content (AvgIpc) is 2.59. The maximum Gasteiger partial charge on any atom is 0.258 e. The first kappa shape index (κ1) is 12.8. The van der Waals surface area contributed by atoms with Crippen LogP contribution in [-0.2, 0) is 15.6 Å². The van der Waals surface area contributed by atoms with Crippen LogP contribution in [0.2, 0.25) is 0 Å². The standard InChI is InChI=1S/C8H11NO3S4/c10-6-3-7(9-6)13-8(11)15-14-5-1-2-16(12)4-5/h5,7H,1-4H2,(H,9,10). The molecule has 8 heteroatoms. The van der Waals surface area contributed by atoms with Crippen molar-refractivity contribution in [1.82, 2.24) is 5.32 Å². The highest BCUT2D eigenvalue weighted by atomic mass is 33.1. The van der Waals surface area contributed by atoms with Crippen LogP contribution in [0.5, 0.6) is 0 Å². The lowest BCUT2D eigenvalue weighted by molar-refractivity contribution is -0.126. The minimum absolute atomic E-state index is 0.00847. The number of thioether (sulfide) groups is 1. The number of hydrogen-bond acceptors (Lipinski definition) is 6. The van der Waals surface area contributed by atoms with Gasteiger partial charge in [0.15, 0.2) is 0 Å². The fourth-order valence-electron chi connectivity index (χ4n) is 1.35. The molecule has 0 saturated carbocycles. The van der Waals surface area contributed by atoms with E-state index in [-0.39, 0.29) is 15.7 Å². The summed E-state index contributed by atoms with van der Waals surface area (Å²) in [6.07, 6.45) is 1.37. The van der Waals surface area contributed by atoms with Crippen LogP contribution in [0.15, 0.2) is 0 Å². The Hall–Kier alpha value is 0.340. The molecule has 2 rings (SSSR count). The number of rotatable bonds is 3. The summed E-state index contributed by atoms with van der Waals surface area (Å²) in [5.74, 6) is 1.47. The molecule has 0 aromatic carbocycles. The minimum atomic E-state index is -0.683. The van der Waals surface area contributed by atoms with Crippen molar-refractivity contribution in [2.45, 2.75) is 23.5 Å². The lowest BCUT2D eigenvalue weighted by Crippen LogP contribution is -2.46. The van der Waals surface area contributed by atoms with E-state index in [4.69, 9.17) is 0 Å². The Bertz CT molecular complexity index is 327. The first-order valence-corrected chi connectivity index (χ1v) is 9.40. The zero-order valence-corrected chi connectivity index (χ0v) is 11.6. The van der Waals surface area contributed by atoms with Crippen LogP contribution in [0.3, 0.4) is 0 Å². The fourth-order valence-corrected chi connectivity index (χ4v) is 7.21. The molecular weight excluding hydrogens is 286 g/mol. The Kier molecular flexibility index (Phi) is 4.63. The Morgan fingerprint density at radius 3 is 2.81 bits per heavy atom. The van der Waals surface area contributed by atoms with Gasteiger partial charge in [0.05, 0.1) is 11.8 Å². The smallest absolute Gasteiger partial charge is 0.258 e. The summed E-state index contributed by atoms with van der Waals surface area (Å²) in [6, 6.07) is 0. The van der Waals surface area contributed by atoms with E-state index in [0.29, 0.717) is 17.4 Å². The highest BCUT2D eigenvalue weighted by Gasteiger charge is 2.29. The highest BCUT2D eigenvalue weighted by Crippen LogP contribution is 2.38. The van der Waals surface area contributed by atoms with E-state index in [0.717, 1.165) is 12.2 Å². The quantitative estimate of drug-likeness (QED) is 0.630. The van der Waals surface area contributed by atoms with E-state index in [1.165, 1.54) is 33.3 Å². The number of nitrogens with one attached hydrogen (secondary N) is 1. The minimum Gasteiger partial charge on any atom is -0.343 e. The van der Waals surface area contributed by atoms with Gasteiger partial charge in [-0.25, -0.2) is 0 Å². The van der Waals surface area contributed by atoms with Crippen LogP contribution < -0.4 is 5.32 Å². The normalized spacial score (nSPS) is 33.2. The maximum absolute atomic E-state index is 11.5. The third-order valence-corrected chi connectivity index (χ3v) is 7.98. The number of amides is 1. The van der Waals surface area contributed by atoms with Gasteiger partial charge >= 0.3 is 0 Å². The Morgan fingerprint density at radius 2 is 2.25 bits per heavy atom. The topological polar surface area (TPSA) is 63.2 Å². The molecule has 90 valence electrons. The highest BCUT2D eigenvalue weighted by molar-refractivity contribution is 8.86. The third kappa shape index (κ3) is 3.68. The Morgan fingerprint density at radius 1 is 1.50 bits per heavy atom. The van der Waals surface area contributed by atoms with Gasteiger partial charge in [-0.05, 0) is 17.2 Å². The van der Waals surface area contributed by atoms with Gasteiger partial charge in [-0.2, -0.15) is 0 Å². The van der Waals surface area contributed by atoms with E-state index in [9.17, 15) is 13.8 Å². The molecule has 4 nitrogen and oxygen atoms in total. The third-order valence-electron chi connectivity index (χ3n) is 2.22. The monoisotopic (exact) mass is 297 g/mol. The summed E-state index contributed by atoms with van der Waals surface area (Å²) in [5.41, 5.74) is 0. The van der Waals surface area contributed by atoms with Crippen molar-refractivity contribution in [2.75, 3.05) is 11.5 Å². The van der Waals surface area contributed by atoms with Crippen LogP contribution in [0, 0.1) is 0 Å². The van der Waals surface area contributed by atoms with Crippen molar-refractivity contribution in [1.29, 1.82) is 0 Å². The number of β-lactam (4-membered cyclic amide) rings is 1. The molecule has 0 aliphatic carbocycles. The van der Waals surface area contributed by atoms with Crippen LogP contribution in [-0.4, -0.2) is 36.7 Å². The first-order valence-electron chi connectivity index (χ1n) is 4.82. The summed E-state index contributed by atoms with van der Waals surface area (Å²) >= 11 is 1.17. The second-order valence-corrected chi connectivity index (χ2v) is 9.06. The summed E-state index contributed by atoms with van der Waals surface area (Å²) in [4.78, 5) is 22.1. The van der Waals surface area contributed by atoms with Gasteiger partial charge in [0.25, 0.3) is 4.45 Å². The van der Waals surface area contributed by atoms with Gasteiger partial charge in [0.2, 0.25) is 5.91 Å². The molecule has 3 unspecified atom stereocenters. The molecule has 2 heterocycles. The first-order chi connectivity index (χ1) is 7.63. The zero-order valence-electron chi connectivity index (χ0n) is 8.34. The predicted molar refractivity (Wildman–Crippen MR) is 71.0 cm³/mol. The van der Waals surface area contributed by atoms with Gasteiger partial charge in [0, 0.05) is 27.6 Å². The summed E-state index contributed by atoms with van der Waals surface area (Å²) < 4.78 is 11.1.